The summed E-state index contributed by atoms with van der Waals surface area (Å²) in [4.78, 5) is 25.3. The number of methoxy groups -OCH3 is 1. The first kappa shape index (κ1) is 20.6. The van der Waals surface area contributed by atoms with Crippen LogP contribution in [0.3, 0.4) is 0 Å². The van der Waals surface area contributed by atoms with E-state index in [1.54, 1.807) is 30.3 Å². The van der Waals surface area contributed by atoms with Crippen molar-refractivity contribution in [1.82, 2.24) is 10.2 Å². The molecule has 2 aromatic rings. The minimum absolute atomic E-state index is 0.128. The van der Waals surface area contributed by atoms with Gasteiger partial charge < -0.3 is 14.8 Å². The fourth-order valence-corrected chi connectivity index (χ4v) is 3.13. The minimum atomic E-state index is -0.497. The number of carbonyl (C=O) groups excluding carboxylic acids is 2. The van der Waals surface area contributed by atoms with Gasteiger partial charge in [-0.05, 0) is 41.5 Å². The molecule has 3 rings (SSSR count). The Bertz CT molecular complexity index is 989. The fraction of sp³-hybridized carbons (Fsp3) is 0.143. The molecule has 0 unspecified atom stereocenters. The molecule has 8 heteroatoms. The standard InChI is InChI=1S/C21H18BrFN2O4/c1-3-8-25-20(26)17(24-21(25)27)9-14-10-18(28-2)19(11-16(14)22)29-12-13-4-6-15(23)7-5-13/h3-7,9-11H,1,8,12H2,2H3,(H,24,27)/b17-9+. The third kappa shape index (κ3) is 4.65. The van der Waals surface area contributed by atoms with Gasteiger partial charge in [0.1, 0.15) is 18.1 Å². The van der Waals surface area contributed by atoms with Crippen LogP contribution in [0.2, 0.25) is 0 Å². The molecule has 0 aliphatic carbocycles. The van der Waals surface area contributed by atoms with Crippen LogP contribution in [0.5, 0.6) is 11.5 Å². The number of halogens is 2. The SMILES string of the molecule is C=CCN1C(=O)N/C(=C/c2cc(OC)c(OCc3ccc(F)cc3)cc2Br)C1=O. The molecule has 1 aliphatic rings. The number of nitrogens with zero attached hydrogens (tertiary/aromatic N) is 1. The summed E-state index contributed by atoms with van der Waals surface area (Å²) in [6.07, 6.45) is 3.03. The number of imide groups is 1. The Balaban J connectivity index is 1.83. The van der Waals surface area contributed by atoms with E-state index in [-0.39, 0.29) is 24.7 Å². The maximum atomic E-state index is 13.0. The molecule has 150 valence electrons. The molecule has 0 bridgehead atoms. The van der Waals surface area contributed by atoms with Gasteiger partial charge in [0.2, 0.25) is 0 Å². The van der Waals surface area contributed by atoms with Crippen LogP contribution in [0, 0.1) is 5.82 Å². The summed E-state index contributed by atoms with van der Waals surface area (Å²) >= 11 is 3.45. The van der Waals surface area contributed by atoms with Gasteiger partial charge >= 0.3 is 6.03 Å². The molecule has 1 saturated heterocycles. The molecule has 0 saturated carbocycles. The smallest absolute Gasteiger partial charge is 0.329 e. The van der Waals surface area contributed by atoms with Gasteiger partial charge in [-0.2, -0.15) is 0 Å². The van der Waals surface area contributed by atoms with Crippen LogP contribution in [0.1, 0.15) is 11.1 Å². The van der Waals surface area contributed by atoms with Crippen LogP contribution < -0.4 is 14.8 Å². The first-order chi connectivity index (χ1) is 13.9. The number of rotatable bonds is 7. The van der Waals surface area contributed by atoms with Crippen molar-refractivity contribution < 1.29 is 23.5 Å². The average Bonchev–Trinajstić information content (AvgIpc) is 2.97. The molecule has 6 nitrogen and oxygen atoms in total. The minimum Gasteiger partial charge on any atom is -0.493 e. The number of amides is 3. The van der Waals surface area contributed by atoms with Crippen molar-refractivity contribution in [3.8, 4) is 11.5 Å². The van der Waals surface area contributed by atoms with Crippen LogP contribution >= 0.6 is 15.9 Å². The van der Waals surface area contributed by atoms with Crippen molar-refractivity contribution >= 4 is 33.9 Å². The van der Waals surface area contributed by atoms with Crippen molar-refractivity contribution in [3.63, 3.8) is 0 Å². The molecule has 1 fully saturated rings. The molecule has 2 aromatic carbocycles. The van der Waals surface area contributed by atoms with Crippen LogP contribution in [0.4, 0.5) is 9.18 Å². The van der Waals surface area contributed by atoms with E-state index in [1.165, 1.54) is 25.3 Å². The zero-order valence-electron chi connectivity index (χ0n) is 15.6. The number of carbonyl (C=O) groups is 2. The monoisotopic (exact) mass is 460 g/mol. The Morgan fingerprint density at radius 2 is 1.93 bits per heavy atom. The third-order valence-electron chi connectivity index (χ3n) is 4.16. The van der Waals surface area contributed by atoms with Crippen molar-refractivity contribution in [3.05, 3.63) is 76.2 Å². The zero-order valence-corrected chi connectivity index (χ0v) is 17.2. The third-order valence-corrected chi connectivity index (χ3v) is 4.85. The Labute approximate surface area is 175 Å². The van der Waals surface area contributed by atoms with Gasteiger partial charge in [-0.15, -0.1) is 6.58 Å². The largest absolute Gasteiger partial charge is 0.493 e. The highest BCUT2D eigenvalue weighted by molar-refractivity contribution is 9.10. The van der Waals surface area contributed by atoms with E-state index in [4.69, 9.17) is 9.47 Å². The van der Waals surface area contributed by atoms with Crippen LogP contribution in [0.25, 0.3) is 6.08 Å². The van der Waals surface area contributed by atoms with Crippen LogP contribution in [-0.4, -0.2) is 30.5 Å². The van der Waals surface area contributed by atoms with Crippen molar-refractivity contribution in [2.75, 3.05) is 13.7 Å². The number of hydrogen-bond acceptors (Lipinski definition) is 4. The first-order valence-corrected chi connectivity index (χ1v) is 9.42. The van der Waals surface area contributed by atoms with E-state index in [9.17, 15) is 14.0 Å². The van der Waals surface area contributed by atoms with Gasteiger partial charge in [0.15, 0.2) is 11.5 Å². The molecular weight excluding hydrogens is 443 g/mol. The summed E-state index contributed by atoms with van der Waals surface area (Å²) in [5.74, 6) is 0.173. The number of hydrogen-bond donors (Lipinski definition) is 1. The Morgan fingerprint density at radius 3 is 2.59 bits per heavy atom. The summed E-state index contributed by atoms with van der Waals surface area (Å²) < 4.78 is 24.8. The number of ether oxygens (including phenoxy) is 2. The normalized spacial score (nSPS) is 14.9. The quantitative estimate of drug-likeness (QED) is 0.380. The summed E-state index contributed by atoms with van der Waals surface area (Å²) in [7, 11) is 1.50. The maximum Gasteiger partial charge on any atom is 0.329 e. The first-order valence-electron chi connectivity index (χ1n) is 8.63. The molecule has 1 aliphatic heterocycles. The fourth-order valence-electron chi connectivity index (χ4n) is 2.70. The molecule has 0 spiro atoms. The van der Waals surface area contributed by atoms with Gasteiger partial charge in [-0.25, -0.2) is 9.18 Å². The molecule has 3 amide bonds. The van der Waals surface area contributed by atoms with E-state index < -0.39 is 11.9 Å². The Morgan fingerprint density at radius 1 is 1.21 bits per heavy atom. The van der Waals surface area contributed by atoms with E-state index in [0.29, 0.717) is 21.5 Å². The van der Waals surface area contributed by atoms with Crippen molar-refractivity contribution in [2.24, 2.45) is 0 Å². The lowest BCUT2D eigenvalue weighted by molar-refractivity contribution is -0.122. The highest BCUT2D eigenvalue weighted by Crippen LogP contribution is 2.35. The van der Waals surface area contributed by atoms with Gasteiger partial charge in [0, 0.05) is 11.0 Å². The van der Waals surface area contributed by atoms with E-state index in [1.807, 2.05) is 0 Å². The summed E-state index contributed by atoms with van der Waals surface area (Å²) in [5.41, 5.74) is 1.58. The van der Waals surface area contributed by atoms with Crippen molar-refractivity contribution in [2.45, 2.75) is 6.61 Å². The van der Waals surface area contributed by atoms with Crippen molar-refractivity contribution in [1.29, 1.82) is 0 Å². The second-order valence-electron chi connectivity index (χ2n) is 6.13. The summed E-state index contributed by atoms with van der Waals surface area (Å²) in [6.45, 7) is 3.90. The number of urea groups is 1. The van der Waals surface area contributed by atoms with E-state index in [2.05, 4.69) is 27.8 Å². The van der Waals surface area contributed by atoms with Crippen LogP contribution in [0.15, 0.2) is 59.2 Å². The topological polar surface area (TPSA) is 67.9 Å². The lowest BCUT2D eigenvalue weighted by Crippen LogP contribution is -2.30. The van der Waals surface area contributed by atoms with Gasteiger partial charge in [0.25, 0.3) is 5.91 Å². The van der Waals surface area contributed by atoms with Gasteiger partial charge in [-0.1, -0.05) is 34.1 Å². The van der Waals surface area contributed by atoms with E-state index >= 15 is 0 Å². The molecule has 1 N–H and O–H groups in total. The van der Waals surface area contributed by atoms with E-state index in [0.717, 1.165) is 10.5 Å². The molecule has 1 heterocycles. The number of benzene rings is 2. The zero-order chi connectivity index (χ0) is 21.0. The Hall–Kier alpha value is -3.13. The molecule has 0 atom stereocenters. The lowest BCUT2D eigenvalue weighted by atomic mass is 10.1. The second kappa shape index (κ2) is 8.91. The summed E-state index contributed by atoms with van der Waals surface area (Å²) in [5, 5.41) is 2.54. The van der Waals surface area contributed by atoms with Crippen LogP contribution in [-0.2, 0) is 11.4 Å². The highest BCUT2D eigenvalue weighted by Gasteiger charge is 2.32. The predicted octanol–water partition coefficient (Wildman–Crippen LogP) is 4.25. The summed E-state index contributed by atoms with van der Waals surface area (Å²) in [6, 6.07) is 8.90. The number of nitrogens with one attached hydrogen (secondary N) is 1. The molecule has 0 aromatic heterocycles. The highest BCUT2D eigenvalue weighted by atomic mass is 79.9. The predicted molar refractivity (Wildman–Crippen MR) is 110 cm³/mol. The second-order valence-corrected chi connectivity index (χ2v) is 6.99. The molecule has 0 radical (unpaired) electrons. The molecular formula is C21H18BrFN2O4. The average molecular weight is 461 g/mol. The lowest BCUT2D eigenvalue weighted by Gasteiger charge is -2.13. The Kier molecular flexibility index (Phi) is 6.33. The molecule has 29 heavy (non-hydrogen) atoms. The van der Waals surface area contributed by atoms with Gasteiger partial charge in [-0.3, -0.25) is 9.69 Å². The maximum absolute atomic E-state index is 13.0. The van der Waals surface area contributed by atoms with Gasteiger partial charge in [0.05, 0.1) is 7.11 Å².